The zero-order valence-corrected chi connectivity index (χ0v) is 14.7. The van der Waals surface area contributed by atoms with Crippen molar-refractivity contribution >= 4 is 17.5 Å². The summed E-state index contributed by atoms with van der Waals surface area (Å²) in [5.41, 5.74) is 1.09. The van der Waals surface area contributed by atoms with Gasteiger partial charge in [0.15, 0.2) is 0 Å². The first-order valence-electron chi connectivity index (χ1n) is 7.99. The van der Waals surface area contributed by atoms with E-state index in [0.29, 0.717) is 5.69 Å². The third-order valence-electron chi connectivity index (χ3n) is 3.61. The molecule has 8 heteroatoms. The number of carbonyl (C=O) groups is 1. The number of hydrogen-bond acceptors (Lipinski definition) is 4. The van der Waals surface area contributed by atoms with Gasteiger partial charge in [0.2, 0.25) is 5.88 Å². The summed E-state index contributed by atoms with van der Waals surface area (Å²) in [6, 6.07) is 13.2. The molecule has 27 heavy (non-hydrogen) atoms. The molecule has 0 unspecified atom stereocenters. The Balaban J connectivity index is 1.51. The number of nitrogens with zero attached hydrogens (tertiary/aromatic N) is 2. The van der Waals surface area contributed by atoms with Crippen LogP contribution in [0.4, 0.5) is 8.78 Å². The molecule has 3 aromatic rings. The smallest absolute Gasteiger partial charge is 0.255 e. The van der Waals surface area contributed by atoms with Gasteiger partial charge in [-0.15, -0.1) is 10.2 Å². The Labute approximate surface area is 159 Å². The van der Waals surface area contributed by atoms with Gasteiger partial charge in [-0.3, -0.25) is 4.79 Å². The van der Waals surface area contributed by atoms with Crippen LogP contribution in [0.15, 0.2) is 54.6 Å². The van der Waals surface area contributed by atoms with Gasteiger partial charge >= 0.3 is 0 Å². The first kappa shape index (κ1) is 18.7. The minimum atomic E-state index is -0.692. The van der Waals surface area contributed by atoms with E-state index < -0.39 is 11.7 Å². The van der Waals surface area contributed by atoms with Crippen molar-refractivity contribution in [1.29, 1.82) is 0 Å². The highest BCUT2D eigenvalue weighted by molar-refractivity contribution is 6.33. The largest absolute Gasteiger partial charge is 0.475 e. The summed E-state index contributed by atoms with van der Waals surface area (Å²) in [7, 11) is 0. The number of nitrogens with one attached hydrogen (secondary N) is 1. The van der Waals surface area contributed by atoms with Gasteiger partial charge in [0.1, 0.15) is 18.2 Å². The van der Waals surface area contributed by atoms with Gasteiger partial charge in [-0.2, -0.15) is 0 Å². The van der Waals surface area contributed by atoms with Crippen LogP contribution in [0.1, 0.15) is 10.4 Å². The number of benzene rings is 2. The zero-order chi connectivity index (χ0) is 19.2. The number of aromatic nitrogens is 2. The fourth-order valence-corrected chi connectivity index (χ4v) is 2.54. The molecule has 2 aromatic carbocycles. The van der Waals surface area contributed by atoms with E-state index in [1.165, 1.54) is 24.3 Å². The number of amides is 1. The second kappa shape index (κ2) is 8.55. The number of hydrogen-bond donors (Lipinski definition) is 1. The summed E-state index contributed by atoms with van der Waals surface area (Å²) in [6.07, 6.45) is 0. The van der Waals surface area contributed by atoms with Crippen LogP contribution in [0, 0.1) is 11.6 Å². The van der Waals surface area contributed by atoms with Crippen LogP contribution in [0.5, 0.6) is 5.88 Å². The lowest BCUT2D eigenvalue weighted by Crippen LogP contribution is -2.29. The first-order valence-corrected chi connectivity index (χ1v) is 8.37. The molecule has 0 aliphatic rings. The average Bonchev–Trinajstić information content (AvgIpc) is 2.66. The van der Waals surface area contributed by atoms with E-state index in [0.717, 1.165) is 11.6 Å². The average molecular weight is 390 g/mol. The molecule has 0 aliphatic heterocycles. The first-order chi connectivity index (χ1) is 13.0. The molecule has 0 aliphatic carbocycles. The van der Waals surface area contributed by atoms with Gasteiger partial charge in [-0.05, 0) is 42.5 Å². The number of carbonyl (C=O) groups excluding carboxylic acids is 1. The van der Waals surface area contributed by atoms with Crippen LogP contribution in [-0.2, 0) is 0 Å². The summed E-state index contributed by atoms with van der Waals surface area (Å²) in [4.78, 5) is 12.0. The topological polar surface area (TPSA) is 64.1 Å². The number of rotatable bonds is 6. The van der Waals surface area contributed by atoms with E-state index in [9.17, 15) is 13.6 Å². The minimum Gasteiger partial charge on any atom is -0.475 e. The summed E-state index contributed by atoms with van der Waals surface area (Å²) in [6.45, 7) is 0.243. The van der Waals surface area contributed by atoms with Crippen molar-refractivity contribution in [1.82, 2.24) is 15.5 Å². The molecule has 0 atom stereocenters. The maximum Gasteiger partial charge on any atom is 0.255 e. The normalized spacial score (nSPS) is 10.5. The maximum absolute atomic E-state index is 13.7. The standard InChI is InChI=1S/C19H14ClF2N3O2/c20-14-2-1-3-15(22)18(14)19(26)23-10-11-27-17-9-8-16(24-25-17)12-4-6-13(21)7-5-12/h1-9H,10-11H2,(H,23,26). The molecule has 1 heterocycles. The van der Waals surface area contributed by atoms with Crippen molar-refractivity contribution < 1.29 is 18.3 Å². The van der Waals surface area contributed by atoms with E-state index in [2.05, 4.69) is 15.5 Å². The Morgan fingerprint density at radius 2 is 1.81 bits per heavy atom. The summed E-state index contributed by atoms with van der Waals surface area (Å²) in [5, 5.41) is 10.5. The van der Waals surface area contributed by atoms with E-state index in [4.69, 9.17) is 16.3 Å². The molecule has 5 nitrogen and oxygen atoms in total. The molecule has 1 N–H and O–H groups in total. The third kappa shape index (κ3) is 4.77. The van der Waals surface area contributed by atoms with Crippen molar-refractivity contribution in [3.63, 3.8) is 0 Å². The second-order valence-electron chi connectivity index (χ2n) is 5.46. The van der Waals surface area contributed by atoms with Gasteiger partial charge < -0.3 is 10.1 Å². The fourth-order valence-electron chi connectivity index (χ4n) is 2.29. The highest BCUT2D eigenvalue weighted by Crippen LogP contribution is 2.19. The molecule has 0 fully saturated rings. The maximum atomic E-state index is 13.7. The molecule has 0 radical (unpaired) electrons. The lowest BCUT2D eigenvalue weighted by Gasteiger charge is -2.09. The lowest BCUT2D eigenvalue weighted by atomic mass is 10.1. The van der Waals surface area contributed by atoms with E-state index >= 15 is 0 Å². The molecule has 0 saturated heterocycles. The minimum absolute atomic E-state index is 0.0377. The van der Waals surface area contributed by atoms with Gasteiger partial charge in [0.25, 0.3) is 5.91 Å². The summed E-state index contributed by atoms with van der Waals surface area (Å²) >= 11 is 5.84. The highest BCUT2D eigenvalue weighted by Gasteiger charge is 2.15. The SMILES string of the molecule is O=C(NCCOc1ccc(-c2ccc(F)cc2)nn1)c1c(F)cccc1Cl. The Kier molecular flexibility index (Phi) is 5.93. The molecule has 0 spiro atoms. The lowest BCUT2D eigenvalue weighted by molar-refractivity contribution is 0.0942. The fraction of sp³-hybridized carbons (Fsp3) is 0.105. The van der Waals surface area contributed by atoms with Crippen molar-refractivity contribution in [2.45, 2.75) is 0 Å². The molecular formula is C19H14ClF2N3O2. The van der Waals surface area contributed by atoms with Crippen molar-refractivity contribution in [3.05, 3.63) is 76.8 Å². The van der Waals surface area contributed by atoms with Crippen molar-refractivity contribution in [3.8, 4) is 17.1 Å². The summed E-state index contributed by atoms with van der Waals surface area (Å²) < 4.78 is 32.0. The number of ether oxygens (including phenoxy) is 1. The predicted molar refractivity (Wildman–Crippen MR) is 96.7 cm³/mol. The van der Waals surface area contributed by atoms with Gasteiger partial charge in [-0.1, -0.05) is 17.7 Å². The molecule has 3 rings (SSSR count). The zero-order valence-electron chi connectivity index (χ0n) is 14.0. The Bertz CT molecular complexity index is 914. The molecule has 0 bridgehead atoms. The summed E-state index contributed by atoms with van der Waals surface area (Å²) in [5.74, 6) is -1.38. The molecule has 138 valence electrons. The van der Waals surface area contributed by atoms with Gasteiger partial charge in [0.05, 0.1) is 22.8 Å². The predicted octanol–water partition coefficient (Wildman–Crippen LogP) is 3.88. The monoisotopic (exact) mass is 389 g/mol. The van der Waals surface area contributed by atoms with Gasteiger partial charge in [0, 0.05) is 11.6 Å². The third-order valence-corrected chi connectivity index (χ3v) is 3.92. The molecular weight excluding hydrogens is 376 g/mol. The van der Waals surface area contributed by atoms with Gasteiger partial charge in [-0.25, -0.2) is 8.78 Å². The van der Waals surface area contributed by atoms with E-state index in [-0.39, 0.29) is 35.4 Å². The van der Waals surface area contributed by atoms with Crippen LogP contribution < -0.4 is 10.1 Å². The Hall–Kier alpha value is -3.06. The quantitative estimate of drug-likeness (QED) is 0.650. The van der Waals surface area contributed by atoms with Crippen LogP contribution in [0.2, 0.25) is 5.02 Å². The van der Waals surface area contributed by atoms with Crippen LogP contribution in [-0.4, -0.2) is 29.3 Å². The van der Waals surface area contributed by atoms with Crippen LogP contribution in [0.25, 0.3) is 11.3 Å². The Morgan fingerprint density at radius 1 is 1.04 bits per heavy atom. The van der Waals surface area contributed by atoms with Crippen molar-refractivity contribution in [2.75, 3.05) is 13.2 Å². The van der Waals surface area contributed by atoms with E-state index in [1.54, 1.807) is 24.3 Å². The molecule has 1 aromatic heterocycles. The molecule has 1 amide bonds. The Morgan fingerprint density at radius 3 is 2.48 bits per heavy atom. The van der Waals surface area contributed by atoms with Crippen LogP contribution in [0.3, 0.4) is 0 Å². The second-order valence-corrected chi connectivity index (χ2v) is 5.87. The highest BCUT2D eigenvalue weighted by atomic mass is 35.5. The van der Waals surface area contributed by atoms with Crippen LogP contribution >= 0.6 is 11.6 Å². The van der Waals surface area contributed by atoms with E-state index in [1.807, 2.05) is 0 Å². The van der Waals surface area contributed by atoms with Crippen molar-refractivity contribution in [2.24, 2.45) is 0 Å². The molecule has 0 saturated carbocycles. The number of halogens is 3.